The molecule has 28 heavy (non-hydrogen) atoms. The Hall–Kier alpha value is -2.92. The summed E-state index contributed by atoms with van der Waals surface area (Å²) in [6.45, 7) is 0.614. The second kappa shape index (κ2) is 6.60. The molecule has 0 fully saturated rings. The maximum atomic E-state index is 13.6. The Morgan fingerprint density at radius 2 is 1.79 bits per heavy atom. The van der Waals surface area contributed by atoms with Crippen molar-refractivity contribution >= 4 is 22.7 Å². The Bertz CT molecular complexity index is 1260. The van der Waals surface area contributed by atoms with E-state index in [0.717, 1.165) is 39.9 Å². The summed E-state index contributed by atoms with van der Waals surface area (Å²) < 4.78 is 9.73. The average Bonchev–Trinajstić information content (AvgIpc) is 2.87. The molecule has 5 rings (SSSR count). The molecular formula is C23H20N2O2S. The fraction of sp³-hybridized carbons (Fsp3) is 0.174. The van der Waals surface area contributed by atoms with E-state index in [1.165, 1.54) is 10.5 Å². The van der Waals surface area contributed by atoms with E-state index in [0.29, 0.717) is 6.61 Å². The van der Waals surface area contributed by atoms with Crippen LogP contribution in [0.2, 0.25) is 0 Å². The molecule has 3 aromatic carbocycles. The summed E-state index contributed by atoms with van der Waals surface area (Å²) >= 11 is 1.72. The standard InChI is InChI=1S/C23H20N2O2S/c1-24-18-14-20(28-2)17-12-13-27-19-11-7-6-10-16(19)21(17)22(18)23(26)25(24)15-8-4-3-5-9-15/h3-11,14H,12-13H2,1-2H3. The molecule has 0 aliphatic carbocycles. The van der Waals surface area contributed by atoms with E-state index < -0.39 is 0 Å². The number of fused-ring (bicyclic) bond motifs is 5. The van der Waals surface area contributed by atoms with Crippen LogP contribution in [-0.4, -0.2) is 22.2 Å². The number of aromatic nitrogens is 2. The van der Waals surface area contributed by atoms with Crippen LogP contribution in [-0.2, 0) is 13.5 Å². The summed E-state index contributed by atoms with van der Waals surface area (Å²) in [5.74, 6) is 0.843. The second-order valence-corrected chi connectivity index (χ2v) is 7.75. The minimum absolute atomic E-state index is 0.00399. The van der Waals surface area contributed by atoms with Crippen molar-refractivity contribution in [3.05, 3.63) is 76.6 Å². The van der Waals surface area contributed by atoms with Gasteiger partial charge in [-0.05, 0) is 36.1 Å². The third kappa shape index (κ3) is 2.43. The van der Waals surface area contributed by atoms with Gasteiger partial charge in [0, 0.05) is 29.5 Å². The van der Waals surface area contributed by atoms with Crippen molar-refractivity contribution in [3.63, 3.8) is 0 Å². The topological polar surface area (TPSA) is 36.2 Å². The van der Waals surface area contributed by atoms with Gasteiger partial charge in [0.2, 0.25) is 0 Å². The van der Waals surface area contributed by atoms with E-state index in [9.17, 15) is 4.79 Å². The van der Waals surface area contributed by atoms with Gasteiger partial charge in [-0.25, -0.2) is 4.68 Å². The van der Waals surface area contributed by atoms with Crippen LogP contribution in [0.15, 0.2) is 70.4 Å². The average molecular weight is 388 g/mol. The first kappa shape index (κ1) is 17.2. The van der Waals surface area contributed by atoms with E-state index in [1.807, 2.05) is 60.3 Å². The first-order valence-electron chi connectivity index (χ1n) is 9.30. The van der Waals surface area contributed by atoms with Crippen LogP contribution in [0, 0.1) is 0 Å². The number of aryl methyl sites for hydroxylation is 1. The number of rotatable bonds is 2. The van der Waals surface area contributed by atoms with Crippen LogP contribution in [0.1, 0.15) is 5.56 Å². The van der Waals surface area contributed by atoms with Gasteiger partial charge in [-0.2, -0.15) is 0 Å². The number of thioether (sulfide) groups is 1. The molecule has 1 aliphatic heterocycles. The van der Waals surface area contributed by atoms with Crippen molar-refractivity contribution in [2.75, 3.05) is 12.9 Å². The lowest BCUT2D eigenvalue weighted by Crippen LogP contribution is -2.19. The Morgan fingerprint density at radius 1 is 1.04 bits per heavy atom. The van der Waals surface area contributed by atoms with Gasteiger partial charge in [0.05, 0.1) is 23.2 Å². The highest BCUT2D eigenvalue weighted by molar-refractivity contribution is 7.98. The number of hydrogen-bond acceptors (Lipinski definition) is 3. The Balaban J connectivity index is 1.97. The summed E-state index contributed by atoms with van der Waals surface area (Å²) in [5, 5.41) is 0.761. The predicted molar refractivity (Wildman–Crippen MR) is 115 cm³/mol. The zero-order valence-electron chi connectivity index (χ0n) is 15.8. The molecule has 5 heteroatoms. The van der Waals surface area contributed by atoms with E-state index in [-0.39, 0.29) is 5.56 Å². The number of benzene rings is 3. The molecule has 0 bridgehead atoms. The third-order valence-corrected chi connectivity index (χ3v) is 6.22. The molecule has 0 saturated heterocycles. The first-order chi connectivity index (χ1) is 13.7. The molecule has 0 unspecified atom stereocenters. The van der Waals surface area contributed by atoms with Crippen LogP contribution in [0.3, 0.4) is 0 Å². The molecule has 140 valence electrons. The summed E-state index contributed by atoms with van der Waals surface area (Å²) in [5.41, 5.74) is 5.03. The van der Waals surface area contributed by atoms with E-state index >= 15 is 0 Å². The minimum Gasteiger partial charge on any atom is -0.493 e. The molecular weight excluding hydrogens is 368 g/mol. The Labute approximate surface area is 167 Å². The lowest BCUT2D eigenvalue weighted by molar-refractivity contribution is 0.326. The number of nitrogens with zero attached hydrogens (tertiary/aromatic N) is 2. The van der Waals surface area contributed by atoms with Crippen molar-refractivity contribution in [2.45, 2.75) is 11.3 Å². The number of hydrogen-bond donors (Lipinski definition) is 0. The van der Waals surface area contributed by atoms with Crippen molar-refractivity contribution in [1.82, 2.24) is 9.36 Å². The normalized spacial score (nSPS) is 12.9. The van der Waals surface area contributed by atoms with Crippen molar-refractivity contribution in [2.24, 2.45) is 7.05 Å². The SMILES string of the molecule is CSc1cc2c(c3c1CCOc1ccccc1-3)c(=O)n(-c1ccccc1)n2C. The summed E-state index contributed by atoms with van der Waals surface area (Å²) in [7, 11) is 1.95. The van der Waals surface area contributed by atoms with E-state index in [1.54, 1.807) is 16.4 Å². The number of ether oxygens (including phenoxy) is 1. The van der Waals surface area contributed by atoms with E-state index in [2.05, 4.69) is 18.4 Å². The lowest BCUT2D eigenvalue weighted by Gasteiger charge is -2.13. The first-order valence-corrected chi connectivity index (χ1v) is 10.5. The molecule has 0 radical (unpaired) electrons. The highest BCUT2D eigenvalue weighted by atomic mass is 32.2. The molecule has 0 atom stereocenters. The Kier molecular flexibility index (Phi) is 4.05. The fourth-order valence-corrected chi connectivity index (χ4v) is 4.84. The van der Waals surface area contributed by atoms with Crippen molar-refractivity contribution in [3.8, 4) is 22.6 Å². The molecule has 0 amide bonds. The molecule has 0 saturated carbocycles. The monoisotopic (exact) mass is 388 g/mol. The minimum atomic E-state index is 0.00399. The number of para-hydroxylation sites is 2. The van der Waals surface area contributed by atoms with Gasteiger partial charge in [-0.1, -0.05) is 36.4 Å². The van der Waals surface area contributed by atoms with Gasteiger partial charge in [0.15, 0.2) is 0 Å². The van der Waals surface area contributed by atoms with Gasteiger partial charge >= 0.3 is 0 Å². The predicted octanol–water partition coefficient (Wildman–Crippen LogP) is 4.65. The molecule has 1 aromatic heterocycles. The molecule has 4 nitrogen and oxygen atoms in total. The van der Waals surface area contributed by atoms with Crippen LogP contribution in [0.4, 0.5) is 0 Å². The third-order valence-electron chi connectivity index (χ3n) is 5.41. The summed E-state index contributed by atoms with van der Waals surface area (Å²) in [4.78, 5) is 14.8. The van der Waals surface area contributed by atoms with Gasteiger partial charge in [0.1, 0.15) is 5.75 Å². The summed E-state index contributed by atoms with van der Waals surface area (Å²) in [6.07, 6.45) is 2.88. The van der Waals surface area contributed by atoms with Crippen molar-refractivity contribution < 1.29 is 4.74 Å². The maximum Gasteiger partial charge on any atom is 0.279 e. The largest absolute Gasteiger partial charge is 0.493 e. The van der Waals surface area contributed by atoms with Gasteiger partial charge in [0.25, 0.3) is 5.56 Å². The zero-order valence-corrected chi connectivity index (χ0v) is 16.6. The lowest BCUT2D eigenvalue weighted by atomic mass is 9.94. The van der Waals surface area contributed by atoms with Gasteiger partial charge < -0.3 is 4.74 Å². The van der Waals surface area contributed by atoms with Crippen LogP contribution in [0.25, 0.3) is 27.7 Å². The van der Waals surface area contributed by atoms with Crippen LogP contribution in [0.5, 0.6) is 5.75 Å². The smallest absolute Gasteiger partial charge is 0.279 e. The van der Waals surface area contributed by atoms with E-state index in [4.69, 9.17) is 4.74 Å². The highest BCUT2D eigenvalue weighted by Gasteiger charge is 2.25. The fourth-order valence-electron chi connectivity index (χ4n) is 4.16. The zero-order chi connectivity index (χ0) is 19.3. The van der Waals surface area contributed by atoms with Crippen LogP contribution < -0.4 is 10.3 Å². The quantitative estimate of drug-likeness (QED) is 0.469. The van der Waals surface area contributed by atoms with Gasteiger partial charge in [-0.15, -0.1) is 11.8 Å². The summed E-state index contributed by atoms with van der Waals surface area (Å²) in [6, 6.07) is 20.0. The van der Waals surface area contributed by atoms with Crippen LogP contribution >= 0.6 is 11.8 Å². The maximum absolute atomic E-state index is 13.6. The van der Waals surface area contributed by atoms with Gasteiger partial charge in [-0.3, -0.25) is 9.48 Å². The molecule has 0 spiro atoms. The highest BCUT2D eigenvalue weighted by Crippen LogP contribution is 2.42. The molecule has 4 aromatic rings. The molecule has 2 heterocycles. The van der Waals surface area contributed by atoms with Crippen molar-refractivity contribution in [1.29, 1.82) is 0 Å². The Morgan fingerprint density at radius 3 is 2.57 bits per heavy atom. The second-order valence-electron chi connectivity index (χ2n) is 6.90. The molecule has 0 N–H and O–H groups in total. The molecule has 1 aliphatic rings.